The van der Waals surface area contributed by atoms with Gasteiger partial charge in [-0.25, -0.2) is 14.3 Å². The number of rotatable bonds is 7. The predicted molar refractivity (Wildman–Crippen MR) is 145 cm³/mol. The maximum absolute atomic E-state index is 12.8. The van der Waals surface area contributed by atoms with Gasteiger partial charge < -0.3 is 14.8 Å². The van der Waals surface area contributed by atoms with Gasteiger partial charge in [0, 0.05) is 15.3 Å². The SMILES string of the molecule is CCOC(=O)c1c(NC(=O)COC(=O)c2cc3c(C)nn(-c4ccc(Cl)cc4)c3s2)sc2c1CCCC2. The van der Waals surface area contributed by atoms with E-state index < -0.39 is 24.5 Å². The van der Waals surface area contributed by atoms with E-state index in [1.54, 1.807) is 29.8 Å². The maximum Gasteiger partial charge on any atom is 0.348 e. The minimum atomic E-state index is -0.602. The van der Waals surface area contributed by atoms with Gasteiger partial charge in [0.2, 0.25) is 0 Å². The van der Waals surface area contributed by atoms with E-state index in [1.165, 1.54) is 22.7 Å². The first-order valence-corrected chi connectivity index (χ1v) is 13.9. The third-order valence-electron chi connectivity index (χ3n) is 6.06. The zero-order valence-corrected chi connectivity index (χ0v) is 22.6. The van der Waals surface area contributed by atoms with Gasteiger partial charge in [-0.2, -0.15) is 5.10 Å². The van der Waals surface area contributed by atoms with Crippen LogP contribution in [0.15, 0.2) is 30.3 Å². The van der Waals surface area contributed by atoms with E-state index in [-0.39, 0.29) is 6.61 Å². The standard InChI is InChI=1S/C26H24ClN3O5S2/c1-3-34-26(33)22-17-6-4-5-7-19(17)36-23(22)28-21(31)13-35-25(32)20-12-18-14(2)29-30(24(18)37-20)16-10-8-15(27)9-11-16/h8-12H,3-7,13H2,1-2H3,(H,28,31). The van der Waals surface area contributed by atoms with E-state index in [2.05, 4.69) is 10.4 Å². The number of esters is 2. The second-order valence-corrected chi connectivity index (χ2v) is 11.1. The number of fused-ring (bicyclic) bond motifs is 2. The number of benzene rings is 1. The van der Waals surface area contributed by atoms with Crippen LogP contribution in [0.3, 0.4) is 0 Å². The molecule has 0 atom stereocenters. The Kier molecular flexibility index (Phi) is 7.32. The average Bonchev–Trinajstić information content (AvgIpc) is 3.56. The van der Waals surface area contributed by atoms with Crippen LogP contribution in [0.25, 0.3) is 15.9 Å². The Morgan fingerprint density at radius 2 is 1.84 bits per heavy atom. The van der Waals surface area contributed by atoms with Gasteiger partial charge in [0.1, 0.15) is 14.7 Å². The number of aromatic nitrogens is 2. The monoisotopic (exact) mass is 557 g/mol. The van der Waals surface area contributed by atoms with E-state index in [1.807, 2.05) is 19.1 Å². The molecule has 37 heavy (non-hydrogen) atoms. The molecule has 8 nitrogen and oxygen atoms in total. The molecule has 192 valence electrons. The number of halogens is 1. The van der Waals surface area contributed by atoms with Crippen LogP contribution in [-0.2, 0) is 27.1 Å². The van der Waals surface area contributed by atoms with Crippen LogP contribution in [-0.4, -0.2) is 40.8 Å². The normalized spacial score (nSPS) is 12.8. The molecule has 1 N–H and O–H groups in total. The molecule has 0 radical (unpaired) electrons. The van der Waals surface area contributed by atoms with Crippen molar-refractivity contribution in [1.29, 1.82) is 0 Å². The number of carbonyl (C=O) groups is 3. The molecular formula is C26H24ClN3O5S2. The van der Waals surface area contributed by atoms with E-state index in [0.29, 0.717) is 20.5 Å². The van der Waals surface area contributed by atoms with Gasteiger partial charge in [-0.05, 0) is 75.4 Å². The number of thiophene rings is 2. The summed E-state index contributed by atoms with van der Waals surface area (Å²) in [6.07, 6.45) is 3.69. The number of carbonyl (C=O) groups excluding carboxylic acids is 3. The van der Waals surface area contributed by atoms with Crippen LogP contribution >= 0.6 is 34.3 Å². The van der Waals surface area contributed by atoms with Crippen molar-refractivity contribution in [3.05, 3.63) is 61.9 Å². The number of hydrogen-bond donors (Lipinski definition) is 1. The average molecular weight is 558 g/mol. The van der Waals surface area contributed by atoms with Gasteiger partial charge in [-0.1, -0.05) is 11.6 Å². The predicted octanol–water partition coefficient (Wildman–Crippen LogP) is 5.96. The molecule has 0 bridgehead atoms. The Hall–Kier alpha value is -3.21. The Morgan fingerprint density at radius 3 is 2.59 bits per heavy atom. The summed E-state index contributed by atoms with van der Waals surface area (Å²) in [7, 11) is 0. The van der Waals surface area contributed by atoms with Crippen molar-refractivity contribution in [2.75, 3.05) is 18.5 Å². The summed E-state index contributed by atoms with van der Waals surface area (Å²) >= 11 is 8.63. The Bertz CT molecular complexity index is 1500. The summed E-state index contributed by atoms with van der Waals surface area (Å²) in [5.74, 6) is -1.55. The molecule has 1 aliphatic carbocycles. The lowest BCUT2D eigenvalue weighted by Gasteiger charge is -2.12. The van der Waals surface area contributed by atoms with E-state index in [0.717, 1.165) is 57.7 Å². The smallest absolute Gasteiger partial charge is 0.348 e. The van der Waals surface area contributed by atoms with Gasteiger partial charge in [0.25, 0.3) is 5.91 Å². The summed E-state index contributed by atoms with van der Waals surface area (Å²) in [5.41, 5.74) is 2.97. The van der Waals surface area contributed by atoms with Crippen LogP contribution in [0, 0.1) is 6.92 Å². The number of nitrogens with one attached hydrogen (secondary N) is 1. The highest BCUT2D eigenvalue weighted by molar-refractivity contribution is 7.20. The summed E-state index contributed by atoms with van der Waals surface area (Å²) in [6, 6.07) is 8.98. The number of hydrogen-bond acceptors (Lipinski definition) is 8. The van der Waals surface area contributed by atoms with Crippen molar-refractivity contribution in [3.63, 3.8) is 0 Å². The molecular weight excluding hydrogens is 534 g/mol. The first kappa shape index (κ1) is 25.4. The topological polar surface area (TPSA) is 99.5 Å². The van der Waals surface area contributed by atoms with Crippen molar-refractivity contribution in [1.82, 2.24) is 9.78 Å². The molecule has 11 heteroatoms. The van der Waals surface area contributed by atoms with Crippen LogP contribution in [0.2, 0.25) is 5.02 Å². The number of nitrogens with zero attached hydrogens (tertiary/aromatic N) is 2. The Morgan fingerprint density at radius 1 is 1.08 bits per heavy atom. The van der Waals surface area contributed by atoms with E-state index >= 15 is 0 Å². The minimum absolute atomic E-state index is 0.249. The largest absolute Gasteiger partial charge is 0.462 e. The minimum Gasteiger partial charge on any atom is -0.462 e. The van der Waals surface area contributed by atoms with E-state index in [4.69, 9.17) is 21.1 Å². The van der Waals surface area contributed by atoms with Crippen LogP contribution in [0.1, 0.15) is 55.9 Å². The molecule has 1 aliphatic rings. The second kappa shape index (κ2) is 10.6. The molecule has 0 saturated heterocycles. The molecule has 5 rings (SSSR count). The third kappa shape index (κ3) is 5.14. The second-order valence-electron chi connectivity index (χ2n) is 8.56. The van der Waals surface area contributed by atoms with Crippen molar-refractivity contribution in [2.24, 2.45) is 0 Å². The molecule has 0 spiro atoms. The highest BCUT2D eigenvalue weighted by atomic mass is 35.5. The van der Waals surface area contributed by atoms with Crippen molar-refractivity contribution in [2.45, 2.75) is 39.5 Å². The zero-order valence-electron chi connectivity index (χ0n) is 20.3. The lowest BCUT2D eigenvalue weighted by atomic mass is 9.95. The Labute approximate surface area is 226 Å². The van der Waals surface area contributed by atoms with Crippen molar-refractivity contribution >= 4 is 67.3 Å². The first-order valence-electron chi connectivity index (χ1n) is 11.9. The fourth-order valence-corrected chi connectivity index (χ4v) is 6.84. The fourth-order valence-electron chi connectivity index (χ4n) is 4.34. The quantitative estimate of drug-likeness (QED) is 0.281. The molecule has 1 aromatic carbocycles. The van der Waals surface area contributed by atoms with Gasteiger partial charge >= 0.3 is 11.9 Å². The summed E-state index contributed by atoms with van der Waals surface area (Å²) in [4.78, 5) is 40.3. The van der Waals surface area contributed by atoms with Gasteiger partial charge in [-0.15, -0.1) is 22.7 Å². The molecule has 1 amide bonds. The maximum atomic E-state index is 12.8. The first-order chi connectivity index (χ1) is 17.9. The molecule has 4 aromatic rings. The molecule has 3 heterocycles. The number of anilines is 1. The lowest BCUT2D eigenvalue weighted by Crippen LogP contribution is -2.21. The van der Waals surface area contributed by atoms with Crippen LogP contribution < -0.4 is 5.32 Å². The summed E-state index contributed by atoms with van der Waals surface area (Å²) < 4.78 is 12.3. The van der Waals surface area contributed by atoms with Crippen molar-refractivity contribution in [3.8, 4) is 5.69 Å². The van der Waals surface area contributed by atoms with Gasteiger partial charge in [0.05, 0.1) is 23.6 Å². The molecule has 0 unspecified atom stereocenters. The number of amides is 1. The third-order valence-corrected chi connectivity index (χ3v) is 8.61. The van der Waals surface area contributed by atoms with Crippen LogP contribution in [0.5, 0.6) is 0 Å². The highest BCUT2D eigenvalue weighted by Crippen LogP contribution is 2.38. The summed E-state index contributed by atoms with van der Waals surface area (Å²) in [5, 5.41) is 9.23. The van der Waals surface area contributed by atoms with Crippen molar-refractivity contribution < 1.29 is 23.9 Å². The number of ether oxygens (including phenoxy) is 2. The van der Waals surface area contributed by atoms with Gasteiger partial charge in [0.15, 0.2) is 6.61 Å². The molecule has 0 saturated carbocycles. The number of aryl methyl sites for hydroxylation is 2. The molecule has 3 aromatic heterocycles. The highest BCUT2D eigenvalue weighted by Gasteiger charge is 2.27. The van der Waals surface area contributed by atoms with Gasteiger partial charge in [-0.3, -0.25) is 4.79 Å². The fraction of sp³-hybridized carbons (Fsp3) is 0.308. The molecule has 0 fully saturated rings. The summed E-state index contributed by atoms with van der Waals surface area (Å²) in [6.45, 7) is 3.39. The zero-order chi connectivity index (χ0) is 26.1. The lowest BCUT2D eigenvalue weighted by molar-refractivity contribution is -0.119. The van der Waals surface area contributed by atoms with Crippen LogP contribution in [0.4, 0.5) is 5.00 Å². The van der Waals surface area contributed by atoms with E-state index in [9.17, 15) is 14.4 Å². The Balaban J connectivity index is 1.29. The molecule has 0 aliphatic heterocycles.